The number of nitrogens with two attached hydrogens (primary N) is 1. The summed E-state index contributed by atoms with van der Waals surface area (Å²) in [5.74, 6) is 0.0113. The van der Waals surface area contributed by atoms with E-state index in [2.05, 4.69) is 9.82 Å². The van der Waals surface area contributed by atoms with Gasteiger partial charge in [0.05, 0.1) is 24.3 Å². The van der Waals surface area contributed by atoms with Gasteiger partial charge in [0.25, 0.3) is 5.56 Å². The Hall–Kier alpha value is -3.90. The Morgan fingerprint density at radius 2 is 1.94 bits per heavy atom. The van der Waals surface area contributed by atoms with Gasteiger partial charge in [-0.15, -0.1) is 0 Å². The number of hydrogen-bond acceptors (Lipinski definition) is 6. The summed E-state index contributed by atoms with van der Waals surface area (Å²) in [6, 6.07) is 8.53. The first-order valence-electron chi connectivity index (χ1n) is 10.7. The van der Waals surface area contributed by atoms with Crippen molar-refractivity contribution in [1.82, 2.24) is 18.7 Å². The quantitative estimate of drug-likeness (QED) is 0.351. The SMILES string of the molecule is Cn1c(=O)n(CCCON)c(=O)c2c1nc1n2Cc2ccc(F)c(c2)C(F)(F)c2ccccc2O1. The average Bonchev–Trinajstić information content (AvgIpc) is 3.19. The Morgan fingerprint density at radius 1 is 1.17 bits per heavy atom. The van der Waals surface area contributed by atoms with Crippen LogP contribution in [0.5, 0.6) is 11.8 Å². The molecule has 3 heterocycles. The van der Waals surface area contributed by atoms with Gasteiger partial charge in [-0.25, -0.2) is 15.1 Å². The van der Waals surface area contributed by atoms with E-state index in [9.17, 15) is 14.0 Å². The van der Waals surface area contributed by atoms with E-state index in [1.54, 1.807) is 0 Å². The fourth-order valence-corrected chi connectivity index (χ4v) is 4.23. The Bertz CT molecular complexity index is 1570. The predicted octanol–water partition coefficient (Wildman–Crippen LogP) is 2.61. The van der Waals surface area contributed by atoms with Gasteiger partial charge in [0.1, 0.15) is 11.6 Å². The second kappa shape index (κ2) is 8.40. The number of halogens is 3. The summed E-state index contributed by atoms with van der Waals surface area (Å²) in [6.07, 6.45) is 0.304. The number of ether oxygens (including phenoxy) is 1. The Balaban J connectivity index is 1.81. The fraction of sp³-hybridized carbons (Fsp3) is 0.261. The van der Waals surface area contributed by atoms with Gasteiger partial charge in [-0.3, -0.25) is 18.5 Å². The molecule has 0 fully saturated rings. The molecule has 0 unspecified atom stereocenters. The number of hydrogen-bond donors (Lipinski definition) is 1. The molecule has 4 aromatic rings. The van der Waals surface area contributed by atoms with Crippen molar-refractivity contribution < 1.29 is 22.7 Å². The van der Waals surface area contributed by atoms with E-state index in [1.807, 2.05) is 0 Å². The van der Waals surface area contributed by atoms with Crippen molar-refractivity contribution in [2.24, 2.45) is 12.9 Å². The smallest absolute Gasteiger partial charge is 0.332 e. The molecule has 182 valence electrons. The average molecular weight is 487 g/mol. The molecule has 5 rings (SSSR count). The van der Waals surface area contributed by atoms with Crippen LogP contribution in [0.2, 0.25) is 0 Å². The number of benzene rings is 2. The van der Waals surface area contributed by atoms with Crippen LogP contribution >= 0.6 is 0 Å². The maximum Gasteiger partial charge on any atom is 0.332 e. The Morgan fingerprint density at radius 3 is 2.71 bits per heavy atom. The van der Waals surface area contributed by atoms with Crippen LogP contribution in [0.4, 0.5) is 13.2 Å². The maximum atomic E-state index is 15.4. The van der Waals surface area contributed by atoms with Crippen LogP contribution in [-0.2, 0) is 30.9 Å². The second-order valence-electron chi connectivity index (χ2n) is 8.16. The summed E-state index contributed by atoms with van der Waals surface area (Å²) in [7, 11) is 1.44. The first kappa shape index (κ1) is 22.9. The highest BCUT2D eigenvalue weighted by molar-refractivity contribution is 5.72. The second-order valence-corrected chi connectivity index (χ2v) is 8.16. The zero-order valence-electron chi connectivity index (χ0n) is 18.5. The molecule has 35 heavy (non-hydrogen) atoms. The van der Waals surface area contributed by atoms with Crippen molar-refractivity contribution in [2.75, 3.05) is 6.61 Å². The van der Waals surface area contributed by atoms with E-state index in [0.29, 0.717) is 12.0 Å². The van der Waals surface area contributed by atoms with Crippen molar-refractivity contribution in [1.29, 1.82) is 0 Å². The number of fused-ring (bicyclic) bond motifs is 6. The number of nitrogens with zero attached hydrogens (tertiary/aromatic N) is 4. The molecule has 2 N–H and O–H groups in total. The van der Waals surface area contributed by atoms with Gasteiger partial charge in [0.2, 0.25) is 0 Å². The van der Waals surface area contributed by atoms with Crippen LogP contribution in [0, 0.1) is 5.82 Å². The minimum Gasteiger partial charge on any atom is -0.425 e. The van der Waals surface area contributed by atoms with E-state index in [1.165, 1.54) is 40.4 Å². The van der Waals surface area contributed by atoms with Gasteiger partial charge >= 0.3 is 17.6 Å². The van der Waals surface area contributed by atoms with Gasteiger partial charge in [0.15, 0.2) is 11.2 Å². The lowest BCUT2D eigenvalue weighted by Crippen LogP contribution is -2.40. The molecular formula is C23H20F3N5O4. The molecule has 0 spiro atoms. The first-order chi connectivity index (χ1) is 16.7. The fourth-order valence-electron chi connectivity index (χ4n) is 4.23. The molecular weight excluding hydrogens is 467 g/mol. The maximum absolute atomic E-state index is 15.4. The van der Waals surface area contributed by atoms with Crippen LogP contribution in [0.1, 0.15) is 23.1 Å². The van der Waals surface area contributed by atoms with Crippen LogP contribution in [0.25, 0.3) is 11.2 Å². The van der Waals surface area contributed by atoms with Crippen molar-refractivity contribution in [2.45, 2.75) is 25.4 Å². The molecule has 0 radical (unpaired) electrons. The van der Waals surface area contributed by atoms with E-state index >= 15 is 8.78 Å². The van der Waals surface area contributed by atoms with E-state index in [0.717, 1.165) is 22.8 Å². The number of para-hydroxylation sites is 1. The van der Waals surface area contributed by atoms with Gasteiger partial charge < -0.3 is 9.57 Å². The lowest BCUT2D eigenvalue weighted by atomic mass is 9.97. The number of imidazole rings is 1. The molecule has 0 aliphatic carbocycles. The largest absolute Gasteiger partial charge is 0.425 e. The normalized spacial score (nSPS) is 14.3. The number of aromatic nitrogens is 4. The third-order valence-corrected chi connectivity index (χ3v) is 5.98. The molecule has 9 nitrogen and oxygen atoms in total. The first-order valence-corrected chi connectivity index (χ1v) is 10.7. The summed E-state index contributed by atoms with van der Waals surface area (Å²) in [4.78, 5) is 35.1. The highest BCUT2D eigenvalue weighted by Gasteiger charge is 2.40. The summed E-state index contributed by atoms with van der Waals surface area (Å²) in [5.41, 5.74) is -2.29. The Labute approximate surface area is 195 Å². The molecule has 2 aromatic heterocycles. The van der Waals surface area contributed by atoms with Crippen molar-refractivity contribution in [3.8, 4) is 11.8 Å². The van der Waals surface area contributed by atoms with Crippen LogP contribution in [-0.4, -0.2) is 25.3 Å². The molecule has 0 saturated heterocycles. The summed E-state index contributed by atoms with van der Waals surface area (Å²) in [5, 5.41) is 0. The van der Waals surface area contributed by atoms with E-state index in [-0.39, 0.29) is 42.6 Å². The lowest BCUT2D eigenvalue weighted by molar-refractivity contribution is 0.0363. The summed E-state index contributed by atoms with van der Waals surface area (Å²) < 4.78 is 54.8. The lowest BCUT2D eigenvalue weighted by Gasteiger charge is -2.23. The van der Waals surface area contributed by atoms with Crippen LogP contribution in [0.3, 0.4) is 0 Å². The van der Waals surface area contributed by atoms with Crippen molar-refractivity contribution in [3.63, 3.8) is 0 Å². The molecule has 1 aliphatic heterocycles. The third kappa shape index (κ3) is 3.61. The van der Waals surface area contributed by atoms with Crippen LogP contribution in [0.15, 0.2) is 52.1 Å². The van der Waals surface area contributed by atoms with Gasteiger partial charge in [-0.1, -0.05) is 18.2 Å². The van der Waals surface area contributed by atoms with E-state index < -0.39 is 34.1 Å². The van der Waals surface area contributed by atoms with Gasteiger partial charge in [-0.05, 0) is 36.2 Å². The van der Waals surface area contributed by atoms with Crippen molar-refractivity contribution in [3.05, 3.63) is 85.8 Å². The minimum absolute atomic E-state index is 0.0205. The highest BCUT2D eigenvalue weighted by atomic mass is 19.3. The standard InChI is InChI=1S/C23H20F3N5O4/c1-29-19-18(20(32)30(22(29)33)9-4-10-34-27)31-12-13-7-8-16(24)15(11-13)23(25,26)14-5-2-3-6-17(14)35-21(31)28-19/h2-3,5-8,11H,4,9-10,12,27H2,1H3. The molecule has 1 aliphatic rings. The summed E-state index contributed by atoms with van der Waals surface area (Å²) >= 11 is 0. The highest BCUT2D eigenvalue weighted by Crippen LogP contribution is 2.44. The molecule has 0 atom stereocenters. The zero-order valence-corrected chi connectivity index (χ0v) is 18.5. The topological polar surface area (TPSA) is 106 Å². The molecule has 2 bridgehead atoms. The van der Waals surface area contributed by atoms with Gasteiger partial charge in [-0.2, -0.15) is 13.8 Å². The minimum atomic E-state index is -3.70. The number of aryl methyl sites for hydroxylation is 1. The third-order valence-electron chi connectivity index (χ3n) is 5.98. The zero-order chi connectivity index (χ0) is 24.9. The van der Waals surface area contributed by atoms with Crippen LogP contribution < -0.4 is 21.9 Å². The Kier molecular flexibility index (Phi) is 5.49. The molecule has 12 heteroatoms. The number of rotatable bonds is 4. The van der Waals surface area contributed by atoms with E-state index in [4.69, 9.17) is 10.6 Å². The molecule has 0 amide bonds. The van der Waals surface area contributed by atoms with Gasteiger partial charge in [0, 0.05) is 13.6 Å². The summed E-state index contributed by atoms with van der Waals surface area (Å²) in [6.45, 7) is 0.0388. The monoisotopic (exact) mass is 487 g/mol. The van der Waals surface area contributed by atoms with Crippen molar-refractivity contribution >= 4 is 11.2 Å². The predicted molar refractivity (Wildman–Crippen MR) is 119 cm³/mol. The number of alkyl halides is 2. The molecule has 2 aromatic carbocycles. The molecule has 0 saturated carbocycles.